The van der Waals surface area contributed by atoms with Crippen molar-refractivity contribution in [1.29, 1.82) is 0 Å². The van der Waals surface area contributed by atoms with Crippen LogP contribution in [0.25, 0.3) is 0 Å². The summed E-state index contributed by atoms with van der Waals surface area (Å²) in [4.78, 5) is 2.22. The number of ether oxygens (including phenoxy) is 1. The molecule has 0 saturated carbocycles. The topological polar surface area (TPSA) is 43.2 Å². The smallest absolute Gasteiger partial charge is 0.163 e. The molecule has 1 aliphatic rings. The Kier molecular flexibility index (Phi) is 4.19. The maximum absolute atomic E-state index is 13.1. The largest absolute Gasteiger partial charge is 0.368 e. The molecule has 0 radical (unpaired) electrons. The van der Waals surface area contributed by atoms with Gasteiger partial charge < -0.3 is 9.30 Å². The van der Waals surface area contributed by atoms with Gasteiger partial charge in [-0.25, -0.2) is 4.39 Å². The highest BCUT2D eigenvalue weighted by Gasteiger charge is 2.25. The molecule has 0 bridgehead atoms. The van der Waals surface area contributed by atoms with Gasteiger partial charge >= 0.3 is 0 Å². The van der Waals surface area contributed by atoms with Crippen LogP contribution >= 0.6 is 11.6 Å². The number of hydrogen-bond acceptors (Lipinski definition) is 4. The van der Waals surface area contributed by atoms with Crippen LogP contribution in [0.1, 0.15) is 17.5 Å². The highest BCUT2D eigenvalue weighted by atomic mass is 35.5. The fourth-order valence-electron chi connectivity index (χ4n) is 2.48. The van der Waals surface area contributed by atoms with Gasteiger partial charge in [0.05, 0.1) is 6.61 Å². The summed E-state index contributed by atoms with van der Waals surface area (Å²) >= 11 is 6.09. The molecular formula is C14H16ClFN4O. The number of halogens is 2. The van der Waals surface area contributed by atoms with Crippen molar-refractivity contribution in [1.82, 2.24) is 19.7 Å². The Bertz CT molecular complexity index is 633. The van der Waals surface area contributed by atoms with Gasteiger partial charge in [-0.3, -0.25) is 4.90 Å². The quantitative estimate of drug-likeness (QED) is 0.871. The summed E-state index contributed by atoms with van der Waals surface area (Å²) in [5, 5.41) is 8.43. The molecule has 2 heterocycles. The Hall–Kier alpha value is -1.50. The van der Waals surface area contributed by atoms with Gasteiger partial charge in [0.25, 0.3) is 0 Å². The molecule has 0 N–H and O–H groups in total. The summed E-state index contributed by atoms with van der Waals surface area (Å²) in [7, 11) is 1.90. The number of aromatic nitrogens is 3. The fourth-order valence-corrected chi connectivity index (χ4v) is 2.70. The van der Waals surface area contributed by atoms with Gasteiger partial charge in [-0.1, -0.05) is 17.7 Å². The summed E-state index contributed by atoms with van der Waals surface area (Å²) in [6.45, 7) is 2.80. The number of nitrogens with zero attached hydrogens (tertiary/aromatic N) is 4. The highest BCUT2D eigenvalue weighted by Crippen LogP contribution is 2.24. The van der Waals surface area contributed by atoms with E-state index >= 15 is 0 Å². The summed E-state index contributed by atoms with van der Waals surface area (Å²) in [6.07, 6.45) is 1.56. The van der Waals surface area contributed by atoms with Crippen LogP contribution < -0.4 is 0 Å². The molecule has 5 nitrogen and oxygen atoms in total. The van der Waals surface area contributed by atoms with Gasteiger partial charge in [-0.2, -0.15) is 0 Å². The zero-order chi connectivity index (χ0) is 14.8. The van der Waals surface area contributed by atoms with Gasteiger partial charge in [-0.05, 0) is 17.7 Å². The zero-order valence-corrected chi connectivity index (χ0v) is 12.4. The van der Waals surface area contributed by atoms with Crippen molar-refractivity contribution in [3.05, 3.63) is 46.8 Å². The second-order valence-electron chi connectivity index (χ2n) is 5.13. The first-order valence-corrected chi connectivity index (χ1v) is 7.13. The van der Waals surface area contributed by atoms with E-state index in [1.807, 2.05) is 11.6 Å². The number of rotatable bonds is 3. The summed E-state index contributed by atoms with van der Waals surface area (Å²) in [5.41, 5.74) is 0.914. The Morgan fingerprint density at radius 3 is 3.05 bits per heavy atom. The lowest BCUT2D eigenvalue weighted by atomic mass is 10.1. The van der Waals surface area contributed by atoms with Gasteiger partial charge in [0.1, 0.15) is 18.2 Å². The summed E-state index contributed by atoms with van der Waals surface area (Å²) < 4.78 is 20.7. The molecule has 1 fully saturated rings. The van der Waals surface area contributed by atoms with Crippen LogP contribution in [0, 0.1) is 5.82 Å². The number of benzene rings is 1. The maximum atomic E-state index is 13.1. The van der Waals surface area contributed by atoms with Gasteiger partial charge in [0.15, 0.2) is 5.82 Å². The predicted molar refractivity (Wildman–Crippen MR) is 76.4 cm³/mol. The van der Waals surface area contributed by atoms with E-state index in [1.165, 1.54) is 12.1 Å². The molecule has 0 spiro atoms. The van der Waals surface area contributed by atoms with E-state index in [0.717, 1.165) is 17.9 Å². The average molecular weight is 311 g/mol. The second kappa shape index (κ2) is 6.09. The first-order chi connectivity index (χ1) is 10.1. The molecule has 21 heavy (non-hydrogen) atoms. The Morgan fingerprint density at radius 1 is 1.48 bits per heavy atom. The minimum atomic E-state index is -0.317. The molecule has 0 unspecified atom stereocenters. The van der Waals surface area contributed by atoms with Gasteiger partial charge in [0, 0.05) is 31.7 Å². The molecule has 1 aromatic heterocycles. The van der Waals surface area contributed by atoms with Crippen molar-refractivity contribution in [2.45, 2.75) is 12.6 Å². The molecule has 1 atom stereocenters. The third-order valence-electron chi connectivity index (χ3n) is 3.59. The Balaban J connectivity index is 1.70. The van der Waals surface area contributed by atoms with E-state index in [9.17, 15) is 4.39 Å². The van der Waals surface area contributed by atoms with E-state index in [-0.39, 0.29) is 11.9 Å². The van der Waals surface area contributed by atoms with Gasteiger partial charge in [-0.15, -0.1) is 10.2 Å². The van der Waals surface area contributed by atoms with E-state index < -0.39 is 0 Å². The molecule has 0 amide bonds. The lowest BCUT2D eigenvalue weighted by Gasteiger charge is -2.32. The summed E-state index contributed by atoms with van der Waals surface area (Å²) in [6, 6.07) is 4.50. The SMILES string of the molecule is Cn1cnnc1[C@@H]1CN(Cc2ccc(F)cc2Cl)CCO1. The molecule has 112 valence electrons. The van der Waals surface area contributed by atoms with Crippen LogP contribution in [-0.4, -0.2) is 39.4 Å². The van der Waals surface area contributed by atoms with Crippen LogP contribution in [0.15, 0.2) is 24.5 Å². The predicted octanol–water partition coefficient (Wildman–Crippen LogP) is 2.18. The lowest BCUT2D eigenvalue weighted by molar-refractivity contribution is -0.0385. The molecule has 2 aromatic rings. The van der Waals surface area contributed by atoms with Crippen molar-refractivity contribution >= 4 is 11.6 Å². The molecular weight excluding hydrogens is 295 g/mol. The number of morpholine rings is 1. The normalized spacial score (nSPS) is 19.9. The van der Waals surface area contributed by atoms with Crippen molar-refractivity contribution in [3.8, 4) is 0 Å². The molecule has 1 saturated heterocycles. The van der Waals surface area contributed by atoms with Crippen molar-refractivity contribution in [3.63, 3.8) is 0 Å². The zero-order valence-electron chi connectivity index (χ0n) is 11.7. The molecule has 3 rings (SSSR count). The molecule has 1 aliphatic heterocycles. The van der Waals surface area contributed by atoms with Crippen LogP contribution in [0.2, 0.25) is 5.02 Å². The standard InChI is InChI=1S/C14H16ClFN4O/c1-19-9-17-18-14(19)13-8-20(4-5-21-13)7-10-2-3-11(16)6-12(10)15/h2-3,6,9,13H,4-5,7-8H2,1H3/t13-/m0/s1. The maximum Gasteiger partial charge on any atom is 0.163 e. The third-order valence-corrected chi connectivity index (χ3v) is 3.95. The Morgan fingerprint density at radius 2 is 2.33 bits per heavy atom. The lowest BCUT2D eigenvalue weighted by Crippen LogP contribution is -2.38. The first-order valence-electron chi connectivity index (χ1n) is 6.75. The van der Waals surface area contributed by atoms with E-state index in [0.29, 0.717) is 24.7 Å². The van der Waals surface area contributed by atoms with Gasteiger partial charge in [0.2, 0.25) is 0 Å². The number of hydrogen-bond donors (Lipinski definition) is 0. The Labute approximate surface area is 127 Å². The van der Waals surface area contributed by atoms with E-state index in [2.05, 4.69) is 15.1 Å². The second-order valence-corrected chi connectivity index (χ2v) is 5.54. The molecule has 7 heteroatoms. The van der Waals surface area contributed by atoms with Crippen LogP contribution in [0.3, 0.4) is 0 Å². The first kappa shape index (κ1) is 14.4. The number of aryl methyl sites for hydroxylation is 1. The van der Waals surface area contributed by atoms with Crippen molar-refractivity contribution < 1.29 is 9.13 Å². The van der Waals surface area contributed by atoms with E-state index in [4.69, 9.17) is 16.3 Å². The monoisotopic (exact) mass is 310 g/mol. The van der Waals surface area contributed by atoms with Crippen molar-refractivity contribution in [2.75, 3.05) is 19.7 Å². The molecule has 0 aliphatic carbocycles. The third kappa shape index (κ3) is 3.23. The van der Waals surface area contributed by atoms with E-state index in [1.54, 1.807) is 12.4 Å². The average Bonchev–Trinajstić information content (AvgIpc) is 2.89. The fraction of sp³-hybridized carbons (Fsp3) is 0.429. The molecule has 1 aromatic carbocycles. The van der Waals surface area contributed by atoms with Crippen LogP contribution in [-0.2, 0) is 18.3 Å². The van der Waals surface area contributed by atoms with Crippen LogP contribution in [0.4, 0.5) is 4.39 Å². The minimum Gasteiger partial charge on any atom is -0.368 e. The van der Waals surface area contributed by atoms with Crippen LogP contribution in [0.5, 0.6) is 0 Å². The summed E-state index contributed by atoms with van der Waals surface area (Å²) in [5.74, 6) is 0.493. The highest BCUT2D eigenvalue weighted by molar-refractivity contribution is 6.31. The minimum absolute atomic E-state index is 0.106. The van der Waals surface area contributed by atoms with Crippen molar-refractivity contribution in [2.24, 2.45) is 7.05 Å².